The maximum atomic E-state index is 11.3. The summed E-state index contributed by atoms with van der Waals surface area (Å²) < 4.78 is 5.18. The molecule has 0 fully saturated rings. The smallest absolute Gasteiger partial charge is 0.341 e. The summed E-state index contributed by atoms with van der Waals surface area (Å²) in [5.41, 5.74) is 0.830. The molecule has 6 nitrogen and oxygen atoms in total. The second-order valence-corrected chi connectivity index (χ2v) is 5.27. The molecule has 1 aromatic heterocycles. The number of hydrogen-bond acceptors (Lipinski definition) is 5. The topological polar surface area (TPSA) is 84.3 Å². The summed E-state index contributed by atoms with van der Waals surface area (Å²) in [4.78, 5) is 19.8. The molecule has 116 valence electrons. The van der Waals surface area contributed by atoms with Gasteiger partial charge in [0.05, 0.1) is 7.11 Å². The Morgan fingerprint density at radius 3 is 2.82 bits per heavy atom. The quantitative estimate of drug-likeness (QED) is 0.853. The fourth-order valence-electron chi connectivity index (χ4n) is 1.88. The van der Waals surface area contributed by atoms with Crippen LogP contribution in [0.5, 0.6) is 5.75 Å². The van der Waals surface area contributed by atoms with E-state index in [-0.39, 0.29) is 5.56 Å². The molecule has 0 bridgehead atoms. The lowest BCUT2D eigenvalue weighted by atomic mass is 10.2. The number of nitrogens with one attached hydrogen (secondary N) is 1. The van der Waals surface area contributed by atoms with Crippen LogP contribution in [-0.2, 0) is 0 Å². The molecule has 0 atom stereocenters. The van der Waals surface area contributed by atoms with E-state index in [1.165, 1.54) is 6.20 Å². The number of hydrogen-bond donors (Lipinski definition) is 2. The van der Waals surface area contributed by atoms with Crippen molar-refractivity contribution in [3.63, 3.8) is 0 Å². The van der Waals surface area contributed by atoms with Crippen LogP contribution in [0, 0.1) is 5.92 Å². The van der Waals surface area contributed by atoms with Crippen molar-refractivity contribution in [3.8, 4) is 17.1 Å². The number of nitrogens with zero attached hydrogens (tertiary/aromatic N) is 2. The van der Waals surface area contributed by atoms with E-state index in [1.54, 1.807) is 7.11 Å². The summed E-state index contributed by atoms with van der Waals surface area (Å²) in [5.74, 6) is 0.796. The highest BCUT2D eigenvalue weighted by Gasteiger charge is 2.15. The van der Waals surface area contributed by atoms with Crippen molar-refractivity contribution in [3.05, 3.63) is 36.0 Å². The highest BCUT2D eigenvalue weighted by Crippen LogP contribution is 2.23. The normalized spacial score (nSPS) is 10.5. The molecule has 0 aliphatic carbocycles. The minimum Gasteiger partial charge on any atom is -0.497 e. The number of carbonyl (C=O) groups is 1. The van der Waals surface area contributed by atoms with Crippen molar-refractivity contribution in [2.24, 2.45) is 5.92 Å². The Balaban J connectivity index is 2.40. The Bertz CT molecular complexity index is 671. The lowest BCUT2D eigenvalue weighted by Crippen LogP contribution is -2.14. The SMILES string of the molecule is COc1cccc(-c2ncc(C(=O)O)c(NCC(C)C)n2)c1. The van der Waals surface area contributed by atoms with Crippen molar-refractivity contribution in [1.29, 1.82) is 0 Å². The third-order valence-electron chi connectivity index (χ3n) is 3.02. The van der Waals surface area contributed by atoms with Crippen LogP contribution in [-0.4, -0.2) is 34.7 Å². The predicted molar refractivity (Wildman–Crippen MR) is 84.3 cm³/mol. The molecule has 0 amide bonds. The zero-order chi connectivity index (χ0) is 16.1. The Hall–Kier alpha value is -2.63. The van der Waals surface area contributed by atoms with Crippen molar-refractivity contribution >= 4 is 11.8 Å². The summed E-state index contributed by atoms with van der Waals surface area (Å²) in [6, 6.07) is 7.32. The molecule has 0 aliphatic heterocycles. The van der Waals surface area contributed by atoms with Crippen molar-refractivity contribution in [2.45, 2.75) is 13.8 Å². The van der Waals surface area contributed by atoms with Crippen LogP contribution in [0.1, 0.15) is 24.2 Å². The van der Waals surface area contributed by atoms with E-state index in [2.05, 4.69) is 15.3 Å². The van der Waals surface area contributed by atoms with Gasteiger partial charge in [-0.15, -0.1) is 0 Å². The molecule has 22 heavy (non-hydrogen) atoms. The molecule has 0 aliphatic rings. The molecule has 0 spiro atoms. The Labute approximate surface area is 129 Å². The van der Waals surface area contributed by atoms with Crippen molar-refractivity contribution in [2.75, 3.05) is 19.0 Å². The predicted octanol–water partition coefficient (Wildman–Crippen LogP) is 2.92. The van der Waals surface area contributed by atoms with E-state index in [4.69, 9.17) is 4.74 Å². The van der Waals surface area contributed by atoms with Gasteiger partial charge in [-0.1, -0.05) is 26.0 Å². The third-order valence-corrected chi connectivity index (χ3v) is 3.02. The van der Waals surface area contributed by atoms with Crippen LogP contribution in [0.2, 0.25) is 0 Å². The molecule has 2 rings (SSSR count). The third kappa shape index (κ3) is 3.72. The number of aromatic carboxylic acids is 1. The summed E-state index contributed by atoms with van der Waals surface area (Å²) in [7, 11) is 1.59. The molecule has 0 saturated heterocycles. The summed E-state index contributed by atoms with van der Waals surface area (Å²) >= 11 is 0. The highest BCUT2D eigenvalue weighted by molar-refractivity contribution is 5.93. The maximum Gasteiger partial charge on any atom is 0.341 e. The lowest BCUT2D eigenvalue weighted by molar-refractivity contribution is 0.0697. The highest BCUT2D eigenvalue weighted by atomic mass is 16.5. The maximum absolute atomic E-state index is 11.3. The van der Waals surface area contributed by atoms with Gasteiger partial charge in [-0.05, 0) is 18.1 Å². The number of benzene rings is 1. The van der Waals surface area contributed by atoms with E-state index >= 15 is 0 Å². The van der Waals surface area contributed by atoms with Gasteiger partial charge in [0.25, 0.3) is 0 Å². The van der Waals surface area contributed by atoms with Gasteiger partial charge in [0, 0.05) is 18.3 Å². The molecule has 6 heteroatoms. The Morgan fingerprint density at radius 1 is 1.41 bits per heavy atom. The minimum atomic E-state index is -1.05. The Morgan fingerprint density at radius 2 is 2.18 bits per heavy atom. The Kier molecular flexibility index (Phi) is 4.93. The number of methoxy groups -OCH3 is 1. The van der Waals surface area contributed by atoms with E-state index in [0.717, 1.165) is 5.56 Å². The molecular weight excluding hydrogens is 282 g/mol. The van der Waals surface area contributed by atoms with E-state index in [1.807, 2.05) is 38.1 Å². The van der Waals surface area contributed by atoms with Gasteiger partial charge in [0.2, 0.25) is 0 Å². The zero-order valence-corrected chi connectivity index (χ0v) is 12.8. The summed E-state index contributed by atoms with van der Waals surface area (Å²) in [5, 5.41) is 12.3. The summed E-state index contributed by atoms with van der Waals surface area (Å²) in [6.07, 6.45) is 1.33. The largest absolute Gasteiger partial charge is 0.497 e. The van der Waals surface area contributed by atoms with Gasteiger partial charge in [0.15, 0.2) is 5.82 Å². The van der Waals surface area contributed by atoms with Crippen LogP contribution >= 0.6 is 0 Å². The first-order valence-electron chi connectivity index (χ1n) is 7.00. The van der Waals surface area contributed by atoms with E-state index in [9.17, 15) is 9.90 Å². The van der Waals surface area contributed by atoms with Crippen molar-refractivity contribution < 1.29 is 14.6 Å². The van der Waals surface area contributed by atoms with Crippen LogP contribution < -0.4 is 10.1 Å². The van der Waals surface area contributed by atoms with Crippen LogP contribution in [0.25, 0.3) is 11.4 Å². The fraction of sp³-hybridized carbons (Fsp3) is 0.312. The van der Waals surface area contributed by atoms with Gasteiger partial charge >= 0.3 is 5.97 Å². The molecule has 2 N–H and O–H groups in total. The van der Waals surface area contributed by atoms with Gasteiger partial charge in [-0.2, -0.15) is 0 Å². The number of carboxylic acid groups (broad SMARTS) is 1. The van der Waals surface area contributed by atoms with Crippen LogP contribution in [0.4, 0.5) is 5.82 Å². The van der Waals surface area contributed by atoms with Crippen molar-refractivity contribution in [1.82, 2.24) is 9.97 Å². The molecule has 0 unspecified atom stereocenters. The molecular formula is C16H19N3O3. The number of rotatable bonds is 6. The fourth-order valence-corrected chi connectivity index (χ4v) is 1.88. The molecule has 0 radical (unpaired) electrons. The van der Waals surface area contributed by atoms with Crippen LogP contribution in [0.15, 0.2) is 30.5 Å². The van der Waals surface area contributed by atoms with Crippen LogP contribution in [0.3, 0.4) is 0 Å². The lowest BCUT2D eigenvalue weighted by Gasteiger charge is -2.12. The molecule has 2 aromatic rings. The molecule has 0 saturated carbocycles. The van der Waals surface area contributed by atoms with Gasteiger partial charge in [-0.3, -0.25) is 0 Å². The summed E-state index contributed by atoms with van der Waals surface area (Å²) in [6.45, 7) is 4.71. The standard InChI is InChI=1S/C16H19N3O3/c1-10(2)8-17-15-13(16(20)21)9-18-14(19-15)11-5-4-6-12(7-11)22-3/h4-7,9-10H,8H2,1-3H3,(H,20,21)(H,17,18,19). The monoisotopic (exact) mass is 301 g/mol. The molecule has 1 aromatic carbocycles. The van der Waals surface area contributed by atoms with E-state index < -0.39 is 5.97 Å². The van der Waals surface area contributed by atoms with E-state index in [0.29, 0.717) is 29.9 Å². The second-order valence-electron chi connectivity index (χ2n) is 5.27. The first kappa shape index (κ1) is 15.8. The average Bonchev–Trinajstić information content (AvgIpc) is 2.52. The first-order chi connectivity index (χ1) is 10.5. The average molecular weight is 301 g/mol. The first-order valence-corrected chi connectivity index (χ1v) is 7.00. The van der Waals surface area contributed by atoms with Gasteiger partial charge < -0.3 is 15.2 Å². The zero-order valence-electron chi connectivity index (χ0n) is 12.8. The number of aromatic nitrogens is 2. The van der Waals surface area contributed by atoms with Gasteiger partial charge in [-0.25, -0.2) is 14.8 Å². The second kappa shape index (κ2) is 6.89. The number of carboxylic acids is 1. The number of ether oxygens (including phenoxy) is 1. The minimum absolute atomic E-state index is 0.0623. The number of anilines is 1. The molecule has 1 heterocycles. The van der Waals surface area contributed by atoms with Gasteiger partial charge in [0.1, 0.15) is 17.1 Å².